The quantitative estimate of drug-likeness (QED) is 0.708. The van der Waals surface area contributed by atoms with Crippen molar-refractivity contribution in [2.75, 3.05) is 7.05 Å². The van der Waals surface area contributed by atoms with Gasteiger partial charge in [0.15, 0.2) is 9.84 Å². The lowest BCUT2D eigenvalue weighted by Gasteiger charge is -2.08. The molecule has 6 nitrogen and oxygen atoms in total. The van der Waals surface area contributed by atoms with Crippen molar-refractivity contribution < 1.29 is 17.9 Å². The van der Waals surface area contributed by atoms with Gasteiger partial charge in [0.1, 0.15) is 17.2 Å². The van der Waals surface area contributed by atoms with Crippen LogP contribution in [-0.4, -0.2) is 26.4 Å². The Morgan fingerprint density at radius 2 is 1.70 bits per heavy atom. The number of benzene rings is 2. The molecule has 0 unspecified atom stereocenters. The van der Waals surface area contributed by atoms with Gasteiger partial charge in [0.2, 0.25) is 0 Å². The van der Waals surface area contributed by atoms with Crippen molar-refractivity contribution in [3.05, 3.63) is 84.2 Å². The maximum atomic E-state index is 12.4. The predicted molar refractivity (Wildman–Crippen MR) is 101 cm³/mol. The van der Waals surface area contributed by atoms with Gasteiger partial charge in [-0.05, 0) is 35.9 Å². The number of sulfone groups is 1. The Hall–Kier alpha value is -3.19. The van der Waals surface area contributed by atoms with Crippen molar-refractivity contribution in [3.63, 3.8) is 0 Å². The van der Waals surface area contributed by atoms with Crippen molar-refractivity contribution in [2.24, 2.45) is 0 Å². The topological polar surface area (TPSA) is 85.4 Å². The van der Waals surface area contributed by atoms with Gasteiger partial charge in [0.05, 0.1) is 10.6 Å². The zero-order valence-electron chi connectivity index (χ0n) is 14.6. The van der Waals surface area contributed by atoms with E-state index in [4.69, 9.17) is 4.74 Å². The fourth-order valence-electron chi connectivity index (χ4n) is 2.45. The van der Waals surface area contributed by atoms with Gasteiger partial charge in [-0.3, -0.25) is 9.78 Å². The first-order valence-corrected chi connectivity index (χ1v) is 9.86. The smallest absolute Gasteiger partial charge is 0.269 e. The molecule has 0 bridgehead atoms. The van der Waals surface area contributed by atoms with Crippen molar-refractivity contribution in [2.45, 2.75) is 10.6 Å². The van der Waals surface area contributed by atoms with E-state index in [0.717, 1.165) is 0 Å². The Morgan fingerprint density at radius 3 is 2.37 bits per heavy atom. The summed E-state index contributed by atoms with van der Waals surface area (Å²) in [5.74, 6) is 0.605. The molecule has 0 saturated heterocycles. The fourth-order valence-corrected chi connectivity index (χ4v) is 3.82. The Morgan fingerprint density at radius 1 is 1.00 bits per heavy atom. The summed E-state index contributed by atoms with van der Waals surface area (Å²) < 4.78 is 30.6. The molecule has 0 aliphatic heterocycles. The molecule has 1 N–H and O–H groups in total. The first-order chi connectivity index (χ1) is 13.0. The third kappa shape index (κ3) is 4.71. The van der Waals surface area contributed by atoms with E-state index in [2.05, 4.69) is 10.3 Å². The molecule has 1 aromatic heterocycles. The van der Waals surface area contributed by atoms with Crippen LogP contribution in [0, 0.1) is 0 Å². The number of carbonyl (C=O) groups excluding carboxylic acids is 1. The number of pyridine rings is 1. The van der Waals surface area contributed by atoms with E-state index in [-0.39, 0.29) is 17.4 Å². The van der Waals surface area contributed by atoms with E-state index >= 15 is 0 Å². The minimum Gasteiger partial charge on any atom is -0.457 e. The van der Waals surface area contributed by atoms with Gasteiger partial charge < -0.3 is 10.1 Å². The molecule has 0 atom stereocenters. The summed E-state index contributed by atoms with van der Waals surface area (Å²) in [4.78, 5) is 15.9. The molecule has 0 fully saturated rings. The van der Waals surface area contributed by atoms with Crippen LogP contribution in [0.1, 0.15) is 16.1 Å². The average Bonchev–Trinajstić information content (AvgIpc) is 2.69. The van der Waals surface area contributed by atoms with Crippen LogP contribution in [-0.2, 0) is 15.6 Å². The van der Waals surface area contributed by atoms with E-state index in [0.29, 0.717) is 22.0 Å². The molecule has 2 aromatic carbocycles. The molecule has 0 saturated carbocycles. The minimum absolute atomic E-state index is 0.0899. The number of aromatic nitrogens is 1. The average molecular weight is 382 g/mol. The van der Waals surface area contributed by atoms with Crippen LogP contribution < -0.4 is 10.1 Å². The van der Waals surface area contributed by atoms with Crippen LogP contribution in [0.25, 0.3) is 0 Å². The highest BCUT2D eigenvalue weighted by Gasteiger charge is 2.15. The van der Waals surface area contributed by atoms with Crippen LogP contribution in [0.3, 0.4) is 0 Å². The summed E-state index contributed by atoms with van der Waals surface area (Å²) >= 11 is 0. The number of nitrogens with one attached hydrogen (secondary N) is 1. The van der Waals surface area contributed by atoms with E-state index in [1.165, 1.54) is 19.3 Å². The lowest BCUT2D eigenvalue weighted by atomic mass is 10.2. The number of hydrogen-bond acceptors (Lipinski definition) is 5. The number of amides is 1. The van der Waals surface area contributed by atoms with Crippen LogP contribution in [0.4, 0.5) is 0 Å². The van der Waals surface area contributed by atoms with Gasteiger partial charge >= 0.3 is 0 Å². The number of ether oxygens (including phenoxy) is 1. The second-order valence-corrected chi connectivity index (χ2v) is 7.76. The van der Waals surface area contributed by atoms with Crippen molar-refractivity contribution in [1.82, 2.24) is 10.3 Å². The molecule has 1 amide bonds. The van der Waals surface area contributed by atoms with Gasteiger partial charge in [0.25, 0.3) is 5.91 Å². The molecule has 7 heteroatoms. The van der Waals surface area contributed by atoms with Gasteiger partial charge in [-0.2, -0.15) is 0 Å². The molecule has 27 heavy (non-hydrogen) atoms. The fraction of sp³-hybridized carbons (Fsp3) is 0.100. The van der Waals surface area contributed by atoms with Gasteiger partial charge in [-0.15, -0.1) is 0 Å². The number of rotatable bonds is 6. The molecular formula is C20H18N2O4S. The molecule has 138 valence electrons. The van der Waals surface area contributed by atoms with Gasteiger partial charge in [-0.1, -0.05) is 30.3 Å². The lowest BCUT2D eigenvalue weighted by Crippen LogP contribution is -2.18. The molecule has 0 radical (unpaired) electrons. The highest BCUT2D eigenvalue weighted by molar-refractivity contribution is 7.90. The second kappa shape index (κ2) is 8.01. The summed E-state index contributed by atoms with van der Waals surface area (Å²) in [6.07, 6.45) is 1.49. The Bertz CT molecular complexity index is 1030. The number of nitrogens with zero attached hydrogens (tertiary/aromatic N) is 1. The maximum Gasteiger partial charge on any atom is 0.269 e. The summed E-state index contributed by atoms with van der Waals surface area (Å²) in [7, 11) is -1.87. The predicted octanol–water partition coefficient (Wildman–Crippen LogP) is 3.21. The van der Waals surface area contributed by atoms with E-state index in [1.54, 1.807) is 60.7 Å². The molecule has 1 heterocycles. The summed E-state index contributed by atoms with van der Waals surface area (Å²) in [5.41, 5.74) is 0.910. The van der Waals surface area contributed by atoms with Crippen molar-refractivity contribution in [1.29, 1.82) is 0 Å². The van der Waals surface area contributed by atoms with E-state index in [1.807, 2.05) is 0 Å². The molecule has 0 aliphatic carbocycles. The SMILES string of the molecule is CNC(=O)c1cc(Oc2ccc(CS(=O)(=O)c3ccccc3)cc2)ccn1. The Labute approximate surface area is 157 Å². The Balaban J connectivity index is 1.72. The maximum absolute atomic E-state index is 12.4. The highest BCUT2D eigenvalue weighted by atomic mass is 32.2. The molecule has 0 aliphatic rings. The standard InChI is InChI=1S/C20H18N2O4S/c1-21-20(23)19-13-17(11-12-22-19)26-16-9-7-15(8-10-16)14-27(24,25)18-5-3-2-4-6-18/h2-13H,14H2,1H3,(H,21,23). The van der Waals surface area contributed by atoms with Gasteiger partial charge in [-0.25, -0.2) is 8.42 Å². The molecule has 3 rings (SSSR count). The number of carbonyl (C=O) groups is 1. The molecule has 0 spiro atoms. The Kier molecular flexibility index (Phi) is 5.52. The summed E-state index contributed by atoms with van der Waals surface area (Å²) in [6, 6.07) is 18.3. The zero-order valence-corrected chi connectivity index (χ0v) is 15.4. The van der Waals surface area contributed by atoms with Crippen LogP contribution in [0.2, 0.25) is 0 Å². The van der Waals surface area contributed by atoms with Crippen LogP contribution in [0.15, 0.2) is 77.8 Å². The van der Waals surface area contributed by atoms with Crippen LogP contribution >= 0.6 is 0 Å². The van der Waals surface area contributed by atoms with Crippen LogP contribution in [0.5, 0.6) is 11.5 Å². The van der Waals surface area contributed by atoms with E-state index < -0.39 is 9.84 Å². The molecular weight excluding hydrogens is 364 g/mol. The largest absolute Gasteiger partial charge is 0.457 e. The summed E-state index contributed by atoms with van der Waals surface area (Å²) in [5, 5.41) is 2.50. The minimum atomic E-state index is -3.40. The third-order valence-electron chi connectivity index (χ3n) is 3.81. The zero-order chi connectivity index (χ0) is 19.3. The first kappa shape index (κ1) is 18.6. The monoisotopic (exact) mass is 382 g/mol. The number of hydrogen-bond donors (Lipinski definition) is 1. The van der Waals surface area contributed by atoms with Crippen molar-refractivity contribution >= 4 is 15.7 Å². The summed E-state index contributed by atoms with van der Waals surface area (Å²) in [6.45, 7) is 0. The molecule has 3 aromatic rings. The van der Waals surface area contributed by atoms with Crippen molar-refractivity contribution in [3.8, 4) is 11.5 Å². The highest BCUT2D eigenvalue weighted by Crippen LogP contribution is 2.23. The first-order valence-electron chi connectivity index (χ1n) is 8.21. The third-order valence-corrected chi connectivity index (χ3v) is 5.51. The second-order valence-electron chi connectivity index (χ2n) is 5.77. The normalized spacial score (nSPS) is 11.0. The van der Waals surface area contributed by atoms with E-state index in [9.17, 15) is 13.2 Å². The lowest BCUT2D eigenvalue weighted by molar-refractivity contribution is 0.0958. The van der Waals surface area contributed by atoms with Gasteiger partial charge in [0, 0.05) is 19.3 Å².